The number of aromatic nitrogens is 4. The van der Waals surface area contributed by atoms with Crippen molar-refractivity contribution in [1.29, 1.82) is 0 Å². The normalized spacial score (nSPS) is 13.9. The molecule has 57 heavy (non-hydrogen) atoms. The van der Waals surface area contributed by atoms with Gasteiger partial charge in [0.15, 0.2) is 12.9 Å². The number of hydrogen-bond donors (Lipinski definition) is 0. The maximum Gasteiger partial charge on any atom is 2.00 e. The molecule has 274 valence electrons. The Morgan fingerprint density at radius 1 is 0.667 bits per heavy atom. The van der Waals surface area contributed by atoms with Crippen molar-refractivity contribution in [3.63, 3.8) is 0 Å². The van der Waals surface area contributed by atoms with Crippen LogP contribution >= 0.6 is 0 Å². The van der Waals surface area contributed by atoms with Crippen molar-refractivity contribution in [2.45, 2.75) is 31.6 Å². The van der Waals surface area contributed by atoms with Crippen LogP contribution in [0.3, 0.4) is 0 Å². The molecule has 0 fully saturated rings. The van der Waals surface area contributed by atoms with Crippen molar-refractivity contribution in [2.24, 2.45) is 0 Å². The van der Waals surface area contributed by atoms with Crippen molar-refractivity contribution in [1.82, 2.24) is 24.1 Å². The number of nitrogens with zero attached hydrogens (tertiary/aromatic N) is 6. The average Bonchev–Trinajstić information content (AvgIpc) is 3.86. The number of benzene rings is 6. The van der Waals surface area contributed by atoms with Crippen molar-refractivity contribution < 1.29 is 25.6 Å². The summed E-state index contributed by atoms with van der Waals surface area (Å²) in [5.41, 5.74) is 14.1. The van der Waals surface area contributed by atoms with Gasteiger partial charge in [-0.3, -0.25) is 4.98 Å². The van der Waals surface area contributed by atoms with Gasteiger partial charge in [0.05, 0.1) is 5.52 Å². The van der Waals surface area contributed by atoms with E-state index >= 15 is 0 Å². The van der Waals surface area contributed by atoms with Crippen LogP contribution in [0, 0.1) is 12.1 Å². The molecular formula is C50H36N6Pt+2. The summed E-state index contributed by atoms with van der Waals surface area (Å²) >= 11 is 0. The molecule has 0 radical (unpaired) electrons. The second kappa shape index (κ2) is 12.9. The maximum atomic E-state index is 4.90. The molecule has 11 rings (SSSR count). The average molecular weight is 916 g/mol. The summed E-state index contributed by atoms with van der Waals surface area (Å²) in [4.78, 5) is 14.2. The van der Waals surface area contributed by atoms with E-state index in [-0.39, 0.29) is 26.5 Å². The Morgan fingerprint density at radius 2 is 1.35 bits per heavy atom. The molecule has 2 aliphatic rings. The zero-order valence-corrected chi connectivity index (χ0v) is 34.1. The Kier molecular flexibility index (Phi) is 7.92. The molecule has 0 atom stereocenters. The first-order valence-corrected chi connectivity index (χ1v) is 19.0. The summed E-state index contributed by atoms with van der Waals surface area (Å²) in [6, 6.07) is 57.4. The summed E-state index contributed by atoms with van der Waals surface area (Å²) in [5.74, 6) is 0.744. The Labute approximate surface area is 345 Å². The van der Waals surface area contributed by atoms with Gasteiger partial charge in [-0.15, -0.1) is 28.1 Å². The smallest absolute Gasteiger partial charge is 0.347 e. The van der Waals surface area contributed by atoms with Gasteiger partial charge in [0.25, 0.3) is 11.4 Å². The molecule has 1 aliphatic heterocycles. The minimum absolute atomic E-state index is 0. The molecule has 0 bridgehead atoms. The second-order valence-electron chi connectivity index (χ2n) is 15.8. The van der Waals surface area contributed by atoms with Crippen molar-refractivity contribution in [2.75, 3.05) is 7.05 Å². The second-order valence-corrected chi connectivity index (χ2v) is 15.8. The molecule has 7 heteroatoms. The third-order valence-corrected chi connectivity index (χ3v) is 11.6. The van der Waals surface area contributed by atoms with E-state index in [0.717, 1.165) is 66.8 Å². The van der Waals surface area contributed by atoms with E-state index < -0.39 is 5.41 Å². The van der Waals surface area contributed by atoms with Crippen LogP contribution in [-0.2, 0) is 31.9 Å². The first kappa shape index (κ1) is 35.1. The first-order chi connectivity index (χ1) is 27.3. The Balaban J connectivity index is 0.00000396. The van der Waals surface area contributed by atoms with E-state index in [0.29, 0.717) is 0 Å². The number of rotatable bonds is 4. The fraction of sp³-hybridized carbons (Fsp3) is 0.120. The molecule has 0 unspecified atom stereocenters. The van der Waals surface area contributed by atoms with Gasteiger partial charge in [-0.1, -0.05) is 120 Å². The summed E-state index contributed by atoms with van der Waals surface area (Å²) in [5, 5.41) is 2.24. The van der Waals surface area contributed by atoms with E-state index in [1.54, 1.807) is 12.4 Å². The van der Waals surface area contributed by atoms with Crippen LogP contribution in [-0.4, -0.2) is 37.2 Å². The molecule has 9 aromatic rings. The number of pyridine rings is 1. The minimum Gasteiger partial charge on any atom is -0.347 e. The predicted octanol–water partition coefficient (Wildman–Crippen LogP) is 10.7. The number of para-hydroxylation sites is 3. The van der Waals surface area contributed by atoms with Crippen LogP contribution in [0.5, 0.6) is 0 Å². The van der Waals surface area contributed by atoms with Crippen LogP contribution < -0.4 is 4.58 Å². The molecule has 0 spiro atoms. The topological polar surface area (TPSA) is 49.6 Å². The minimum atomic E-state index is -0.741. The van der Waals surface area contributed by atoms with Gasteiger partial charge >= 0.3 is 27.1 Å². The SMILES string of the molecule is C[N+]1=C=[N+](c2[c-]c(C3(c4[c-]cc5c(c4)c4ccccc4n5-c4nccc5nccnc45)c4ccccc4-c4ccccc43)cc(C(C)(C)C)c2)c2ccccc21.[Pt+2]. The zero-order valence-electron chi connectivity index (χ0n) is 31.9. The molecule has 0 saturated carbocycles. The van der Waals surface area contributed by atoms with E-state index in [2.05, 4.69) is 186 Å². The van der Waals surface area contributed by atoms with Crippen molar-refractivity contribution in [3.05, 3.63) is 186 Å². The summed E-state index contributed by atoms with van der Waals surface area (Å²) < 4.78 is 6.44. The molecular weight excluding hydrogens is 880 g/mol. The van der Waals surface area contributed by atoms with Crippen LogP contribution in [0.15, 0.2) is 146 Å². The maximum absolute atomic E-state index is 4.90. The van der Waals surface area contributed by atoms with Gasteiger partial charge < -0.3 is 4.57 Å². The Hall–Kier alpha value is -6.32. The van der Waals surface area contributed by atoms with Crippen molar-refractivity contribution in [3.8, 4) is 16.9 Å². The van der Waals surface area contributed by atoms with Crippen LogP contribution in [0.2, 0.25) is 0 Å². The van der Waals surface area contributed by atoms with Gasteiger partial charge in [-0.2, -0.15) is 24.3 Å². The molecule has 0 amide bonds. The Morgan fingerprint density at radius 3 is 2.12 bits per heavy atom. The molecule has 1 aliphatic carbocycles. The van der Waals surface area contributed by atoms with E-state index in [9.17, 15) is 0 Å². The van der Waals surface area contributed by atoms with E-state index in [1.165, 1.54) is 27.8 Å². The number of hydrogen-bond acceptors (Lipinski definition) is 3. The summed E-state index contributed by atoms with van der Waals surface area (Å²) in [6.45, 7) is 6.86. The van der Waals surface area contributed by atoms with Gasteiger partial charge in [0.2, 0.25) is 0 Å². The molecule has 3 aromatic heterocycles. The zero-order chi connectivity index (χ0) is 37.8. The first-order valence-electron chi connectivity index (χ1n) is 19.0. The van der Waals surface area contributed by atoms with Gasteiger partial charge in [0.1, 0.15) is 11.2 Å². The summed E-state index contributed by atoms with van der Waals surface area (Å²) in [7, 11) is 2.05. The third-order valence-electron chi connectivity index (χ3n) is 11.6. The van der Waals surface area contributed by atoms with E-state index in [4.69, 9.17) is 9.97 Å². The molecule has 6 nitrogen and oxygen atoms in total. The van der Waals surface area contributed by atoms with Crippen molar-refractivity contribution >= 4 is 55.9 Å². The van der Waals surface area contributed by atoms with Gasteiger partial charge in [-0.05, 0) is 45.2 Å². The fourth-order valence-electron chi connectivity index (χ4n) is 9.05. The molecule has 6 aromatic carbocycles. The molecule has 0 N–H and O–H groups in total. The standard InChI is InChI=1S/C50H36N6.Pt/c1-49(2,3)33-27-34(29-35(28-33)55-31-54(4)45-19-11-12-20-46(45)55)50(40-16-8-5-13-36(40)37-14-6-9-17-41(37)50)32-21-22-44-39(30-32)38-15-7-10-18-43(38)56(44)48-47-42(23-24-53-48)51-25-26-52-47;/h5-20,22-28,30H,1-4H3;/q;+2. The largest absolute Gasteiger partial charge is 2.00 e. The Bertz CT molecular complexity index is 3150. The molecule has 4 heterocycles. The molecule has 0 saturated heterocycles. The monoisotopic (exact) mass is 915 g/mol. The van der Waals surface area contributed by atoms with E-state index in [1.807, 2.05) is 12.3 Å². The van der Waals surface area contributed by atoms with Crippen LogP contribution in [0.1, 0.15) is 48.6 Å². The summed E-state index contributed by atoms with van der Waals surface area (Å²) in [6.07, 6.45) is 5.27. The van der Waals surface area contributed by atoms with Crippen LogP contribution in [0.4, 0.5) is 17.1 Å². The third kappa shape index (κ3) is 5.04. The quantitative estimate of drug-likeness (QED) is 0.131. The predicted molar refractivity (Wildman–Crippen MR) is 224 cm³/mol. The van der Waals surface area contributed by atoms with Crippen LogP contribution in [0.25, 0.3) is 49.8 Å². The fourth-order valence-corrected chi connectivity index (χ4v) is 9.05. The number of fused-ring (bicyclic) bond motifs is 8. The van der Waals surface area contributed by atoms with Gasteiger partial charge in [0, 0.05) is 41.7 Å². The van der Waals surface area contributed by atoms with Gasteiger partial charge in [-0.25, -0.2) is 9.97 Å².